The third-order valence-electron chi connectivity index (χ3n) is 2.66. The molecule has 1 aromatic carbocycles. The monoisotopic (exact) mass is 261 g/mol. The molecule has 0 fully saturated rings. The van der Waals surface area contributed by atoms with Crippen molar-refractivity contribution in [1.29, 1.82) is 0 Å². The van der Waals surface area contributed by atoms with Crippen LogP contribution in [-0.2, 0) is 6.42 Å². The third-order valence-corrected chi connectivity index (χ3v) is 2.89. The first-order chi connectivity index (χ1) is 8.61. The molecule has 0 saturated heterocycles. The van der Waals surface area contributed by atoms with Gasteiger partial charge < -0.3 is 5.11 Å². The second kappa shape index (κ2) is 5.19. The fourth-order valence-electron chi connectivity index (χ4n) is 1.77. The molecule has 0 aliphatic carbocycles. The van der Waals surface area contributed by atoms with E-state index >= 15 is 0 Å². The highest BCUT2D eigenvalue weighted by molar-refractivity contribution is 6.30. The molecule has 1 heterocycles. The largest absolute Gasteiger partial charge is 0.478 e. The number of nitrogens with zero attached hydrogens (tertiary/aromatic N) is 1. The molecule has 0 radical (unpaired) electrons. The summed E-state index contributed by atoms with van der Waals surface area (Å²) in [7, 11) is 0. The summed E-state index contributed by atoms with van der Waals surface area (Å²) >= 11 is 5.93. The number of hydrogen-bond donors (Lipinski definition) is 1. The summed E-state index contributed by atoms with van der Waals surface area (Å²) in [6.07, 6.45) is 0.579. The van der Waals surface area contributed by atoms with Gasteiger partial charge in [-0.15, -0.1) is 0 Å². The molecule has 0 saturated carbocycles. The van der Waals surface area contributed by atoms with E-state index in [0.717, 1.165) is 11.3 Å². The molecule has 18 heavy (non-hydrogen) atoms. The second-order valence-corrected chi connectivity index (χ2v) is 4.30. The lowest BCUT2D eigenvalue weighted by Gasteiger charge is -2.07. The van der Waals surface area contributed by atoms with E-state index in [4.69, 9.17) is 16.7 Å². The number of halogens is 1. The van der Waals surface area contributed by atoms with Crippen molar-refractivity contribution in [2.45, 2.75) is 13.3 Å². The average Bonchev–Trinajstić information content (AvgIpc) is 2.37. The molecule has 0 aliphatic rings. The molecule has 4 heteroatoms. The molecule has 0 atom stereocenters. The van der Waals surface area contributed by atoms with Gasteiger partial charge in [-0.1, -0.05) is 30.7 Å². The lowest BCUT2D eigenvalue weighted by Crippen LogP contribution is -2.04. The Labute approximate surface area is 110 Å². The second-order valence-electron chi connectivity index (χ2n) is 3.86. The molecular weight excluding hydrogens is 250 g/mol. The zero-order chi connectivity index (χ0) is 13.1. The summed E-state index contributed by atoms with van der Waals surface area (Å²) in [6, 6.07) is 10.6. The molecule has 2 aromatic rings. The van der Waals surface area contributed by atoms with Crippen molar-refractivity contribution in [2.24, 2.45) is 0 Å². The van der Waals surface area contributed by atoms with Crippen LogP contribution in [0, 0.1) is 0 Å². The van der Waals surface area contributed by atoms with Crippen molar-refractivity contribution >= 4 is 17.6 Å². The van der Waals surface area contributed by atoms with E-state index in [9.17, 15) is 4.79 Å². The summed E-state index contributed by atoms with van der Waals surface area (Å²) in [5.74, 6) is -0.947. The Morgan fingerprint density at radius 2 is 2.11 bits per heavy atom. The predicted molar refractivity (Wildman–Crippen MR) is 71.0 cm³/mol. The highest BCUT2D eigenvalue weighted by Gasteiger charge is 2.11. The Kier molecular flexibility index (Phi) is 3.63. The molecule has 1 aromatic heterocycles. The SMILES string of the molecule is CCc1nc(-c2cccc(Cl)c2)ccc1C(=O)O. The number of rotatable bonds is 3. The minimum Gasteiger partial charge on any atom is -0.478 e. The fourth-order valence-corrected chi connectivity index (χ4v) is 1.96. The van der Waals surface area contributed by atoms with E-state index in [2.05, 4.69) is 4.98 Å². The van der Waals surface area contributed by atoms with Gasteiger partial charge in [0.05, 0.1) is 17.0 Å². The Morgan fingerprint density at radius 1 is 1.33 bits per heavy atom. The number of carboxylic acid groups (broad SMARTS) is 1. The number of aryl methyl sites for hydroxylation is 1. The predicted octanol–water partition coefficient (Wildman–Crippen LogP) is 3.66. The maximum Gasteiger partial charge on any atom is 0.337 e. The van der Waals surface area contributed by atoms with E-state index in [1.54, 1.807) is 18.2 Å². The van der Waals surface area contributed by atoms with Gasteiger partial charge in [0.15, 0.2) is 0 Å². The van der Waals surface area contributed by atoms with Gasteiger partial charge in [-0.05, 0) is 30.7 Å². The van der Waals surface area contributed by atoms with Gasteiger partial charge in [-0.25, -0.2) is 4.79 Å². The topological polar surface area (TPSA) is 50.2 Å². The van der Waals surface area contributed by atoms with E-state index in [1.165, 1.54) is 0 Å². The maximum atomic E-state index is 11.0. The number of carbonyl (C=O) groups is 1. The zero-order valence-corrected chi connectivity index (χ0v) is 10.6. The quantitative estimate of drug-likeness (QED) is 0.917. The number of benzene rings is 1. The lowest BCUT2D eigenvalue weighted by molar-refractivity contribution is 0.0695. The number of aromatic carboxylic acids is 1. The van der Waals surface area contributed by atoms with Crippen LogP contribution in [0.5, 0.6) is 0 Å². The van der Waals surface area contributed by atoms with Crippen LogP contribution >= 0.6 is 11.6 Å². The smallest absolute Gasteiger partial charge is 0.337 e. The fraction of sp³-hybridized carbons (Fsp3) is 0.143. The Bertz CT molecular complexity index is 596. The molecule has 3 nitrogen and oxygen atoms in total. The zero-order valence-electron chi connectivity index (χ0n) is 9.85. The van der Waals surface area contributed by atoms with Gasteiger partial charge in [0.25, 0.3) is 0 Å². The van der Waals surface area contributed by atoms with Crippen molar-refractivity contribution in [3.8, 4) is 11.3 Å². The molecule has 0 bridgehead atoms. The Morgan fingerprint density at radius 3 is 2.72 bits per heavy atom. The van der Waals surface area contributed by atoms with Gasteiger partial charge in [0.1, 0.15) is 0 Å². The minimum atomic E-state index is -0.947. The van der Waals surface area contributed by atoms with Crippen LogP contribution < -0.4 is 0 Å². The Balaban J connectivity index is 2.51. The number of pyridine rings is 1. The number of aromatic nitrogens is 1. The van der Waals surface area contributed by atoms with Crippen LogP contribution in [0.4, 0.5) is 0 Å². The van der Waals surface area contributed by atoms with Gasteiger partial charge in [-0.2, -0.15) is 0 Å². The summed E-state index contributed by atoms with van der Waals surface area (Å²) in [6.45, 7) is 1.89. The van der Waals surface area contributed by atoms with Crippen LogP contribution in [0.3, 0.4) is 0 Å². The molecule has 0 aliphatic heterocycles. The highest BCUT2D eigenvalue weighted by Crippen LogP contribution is 2.22. The number of hydrogen-bond acceptors (Lipinski definition) is 2. The van der Waals surface area contributed by atoms with Gasteiger partial charge in [0.2, 0.25) is 0 Å². The highest BCUT2D eigenvalue weighted by atomic mass is 35.5. The lowest BCUT2D eigenvalue weighted by atomic mass is 10.1. The van der Waals surface area contributed by atoms with Crippen LogP contribution in [0.2, 0.25) is 5.02 Å². The Hall–Kier alpha value is -1.87. The molecule has 2 rings (SSSR count). The first-order valence-corrected chi connectivity index (χ1v) is 5.98. The van der Waals surface area contributed by atoms with Crippen molar-refractivity contribution < 1.29 is 9.90 Å². The van der Waals surface area contributed by atoms with Crippen LogP contribution in [0.1, 0.15) is 23.0 Å². The summed E-state index contributed by atoms with van der Waals surface area (Å²) in [5, 5.41) is 9.68. The van der Waals surface area contributed by atoms with Crippen molar-refractivity contribution in [3.63, 3.8) is 0 Å². The molecule has 0 amide bonds. The molecule has 0 spiro atoms. The first kappa shape index (κ1) is 12.6. The molecule has 0 unspecified atom stereocenters. The normalized spacial score (nSPS) is 10.3. The summed E-state index contributed by atoms with van der Waals surface area (Å²) in [4.78, 5) is 15.4. The van der Waals surface area contributed by atoms with E-state index in [-0.39, 0.29) is 5.56 Å². The van der Waals surface area contributed by atoms with E-state index < -0.39 is 5.97 Å². The average molecular weight is 262 g/mol. The van der Waals surface area contributed by atoms with E-state index in [1.807, 2.05) is 25.1 Å². The van der Waals surface area contributed by atoms with Crippen LogP contribution in [-0.4, -0.2) is 16.1 Å². The first-order valence-electron chi connectivity index (χ1n) is 5.61. The molecule has 92 valence electrons. The summed E-state index contributed by atoms with van der Waals surface area (Å²) < 4.78 is 0. The van der Waals surface area contributed by atoms with Gasteiger partial charge >= 0.3 is 5.97 Å². The third kappa shape index (κ3) is 2.51. The van der Waals surface area contributed by atoms with Gasteiger partial charge in [0, 0.05) is 10.6 Å². The van der Waals surface area contributed by atoms with Gasteiger partial charge in [-0.3, -0.25) is 4.98 Å². The standard InChI is InChI=1S/C14H12ClNO2/c1-2-12-11(14(17)18)6-7-13(16-12)9-4-3-5-10(15)8-9/h3-8H,2H2,1H3,(H,17,18). The number of carboxylic acids is 1. The van der Waals surface area contributed by atoms with Crippen molar-refractivity contribution in [2.75, 3.05) is 0 Å². The minimum absolute atomic E-state index is 0.253. The van der Waals surface area contributed by atoms with Crippen molar-refractivity contribution in [3.05, 3.63) is 52.7 Å². The summed E-state index contributed by atoms with van der Waals surface area (Å²) in [5.41, 5.74) is 2.46. The maximum absolute atomic E-state index is 11.0. The molecular formula is C14H12ClNO2. The van der Waals surface area contributed by atoms with Crippen LogP contribution in [0.25, 0.3) is 11.3 Å². The van der Waals surface area contributed by atoms with Crippen molar-refractivity contribution in [1.82, 2.24) is 4.98 Å². The molecule has 1 N–H and O–H groups in total. The van der Waals surface area contributed by atoms with E-state index in [0.29, 0.717) is 17.1 Å². The van der Waals surface area contributed by atoms with Crippen LogP contribution in [0.15, 0.2) is 36.4 Å².